The van der Waals surface area contributed by atoms with E-state index in [1.807, 2.05) is 24.3 Å². The van der Waals surface area contributed by atoms with Crippen LogP contribution in [-0.4, -0.2) is 33.0 Å². The molecule has 27 heavy (non-hydrogen) atoms. The van der Waals surface area contributed by atoms with Crippen LogP contribution in [0, 0.1) is 10.8 Å². The lowest BCUT2D eigenvalue weighted by molar-refractivity contribution is 0.0107. The molecule has 0 aliphatic carbocycles. The molecule has 0 bridgehead atoms. The van der Waals surface area contributed by atoms with Gasteiger partial charge in [-0.3, -0.25) is 0 Å². The summed E-state index contributed by atoms with van der Waals surface area (Å²) in [4.78, 5) is 0. The molecule has 0 saturated carbocycles. The summed E-state index contributed by atoms with van der Waals surface area (Å²) in [6, 6.07) is 3.81. The summed E-state index contributed by atoms with van der Waals surface area (Å²) in [6.07, 6.45) is 4.19. The van der Waals surface area contributed by atoms with Crippen LogP contribution in [0.1, 0.15) is 61.0 Å². The maximum absolute atomic E-state index is 6.10. The molecule has 2 unspecified atom stereocenters. The Balaban J connectivity index is 2.98. The van der Waals surface area contributed by atoms with Gasteiger partial charge in [-0.2, -0.15) is 0 Å². The van der Waals surface area contributed by atoms with Crippen molar-refractivity contribution in [2.24, 2.45) is 10.8 Å². The summed E-state index contributed by atoms with van der Waals surface area (Å²) >= 11 is 0. The largest absolute Gasteiger partial charge is 0.496 e. The van der Waals surface area contributed by atoms with E-state index in [0.717, 1.165) is 11.3 Å². The fraction of sp³-hybridized carbons (Fsp3) is 0.652. The maximum Gasteiger partial charge on any atom is 0.133 e. The molecule has 0 amide bonds. The second-order valence-corrected chi connectivity index (χ2v) is 9.11. The normalized spacial score (nSPS) is 14.9. The number of ether oxygens (including phenoxy) is 4. The molecule has 1 rings (SSSR count). The number of benzene rings is 1. The van der Waals surface area contributed by atoms with Gasteiger partial charge in [0.05, 0.1) is 32.5 Å². The van der Waals surface area contributed by atoms with Gasteiger partial charge < -0.3 is 18.9 Å². The third kappa shape index (κ3) is 7.10. The van der Waals surface area contributed by atoms with Crippen LogP contribution in [0.5, 0.6) is 17.2 Å². The minimum atomic E-state index is 0.0418. The Bertz CT molecular complexity index is 595. The van der Waals surface area contributed by atoms with Crippen molar-refractivity contribution in [3.63, 3.8) is 0 Å². The SMILES string of the molecule is COc1cc(OC(C)C(C)(C)C)cc(OC)c1/C=C/COC(C)C(C)(C)C. The molecule has 0 fully saturated rings. The Labute approximate surface area is 165 Å². The van der Waals surface area contributed by atoms with Crippen LogP contribution < -0.4 is 14.2 Å². The van der Waals surface area contributed by atoms with E-state index in [1.54, 1.807) is 14.2 Å². The molecule has 0 aromatic heterocycles. The zero-order chi connectivity index (χ0) is 20.8. The molecule has 0 aliphatic heterocycles. The van der Waals surface area contributed by atoms with E-state index in [1.165, 1.54) is 0 Å². The molecule has 4 heteroatoms. The smallest absolute Gasteiger partial charge is 0.133 e. The van der Waals surface area contributed by atoms with Crippen molar-refractivity contribution in [1.82, 2.24) is 0 Å². The minimum Gasteiger partial charge on any atom is -0.496 e. The van der Waals surface area contributed by atoms with Gasteiger partial charge in [-0.1, -0.05) is 47.6 Å². The van der Waals surface area contributed by atoms with Gasteiger partial charge in [-0.05, 0) is 30.8 Å². The molecular weight excluding hydrogens is 340 g/mol. The van der Waals surface area contributed by atoms with E-state index >= 15 is 0 Å². The third-order valence-corrected chi connectivity index (χ3v) is 5.00. The van der Waals surface area contributed by atoms with Crippen molar-refractivity contribution < 1.29 is 18.9 Å². The van der Waals surface area contributed by atoms with Gasteiger partial charge in [-0.15, -0.1) is 0 Å². The van der Waals surface area contributed by atoms with Crippen LogP contribution in [0.3, 0.4) is 0 Å². The van der Waals surface area contributed by atoms with E-state index < -0.39 is 0 Å². The van der Waals surface area contributed by atoms with Gasteiger partial charge in [0, 0.05) is 12.1 Å². The summed E-state index contributed by atoms with van der Waals surface area (Å²) in [5, 5.41) is 0. The summed E-state index contributed by atoms with van der Waals surface area (Å²) in [5.41, 5.74) is 1.04. The van der Waals surface area contributed by atoms with Gasteiger partial charge in [0.15, 0.2) is 0 Å². The van der Waals surface area contributed by atoms with E-state index in [0.29, 0.717) is 18.1 Å². The molecule has 2 atom stereocenters. The zero-order valence-electron chi connectivity index (χ0n) is 18.8. The average molecular weight is 379 g/mol. The molecule has 4 nitrogen and oxygen atoms in total. The van der Waals surface area contributed by atoms with E-state index in [2.05, 4.69) is 55.4 Å². The average Bonchev–Trinajstić information content (AvgIpc) is 2.56. The van der Waals surface area contributed by atoms with Crippen LogP contribution >= 0.6 is 0 Å². The lowest BCUT2D eigenvalue weighted by Gasteiger charge is -2.28. The first-order chi connectivity index (χ1) is 12.4. The fourth-order valence-corrected chi connectivity index (χ4v) is 2.14. The van der Waals surface area contributed by atoms with Crippen LogP contribution in [0.4, 0.5) is 0 Å². The Morgan fingerprint density at radius 3 is 1.74 bits per heavy atom. The topological polar surface area (TPSA) is 36.9 Å². The number of rotatable bonds is 8. The van der Waals surface area contributed by atoms with Crippen LogP contribution in [-0.2, 0) is 4.74 Å². The Kier molecular flexibility index (Phi) is 8.22. The predicted octanol–water partition coefficient (Wildman–Crippen LogP) is 5.98. The highest BCUT2D eigenvalue weighted by atomic mass is 16.5. The van der Waals surface area contributed by atoms with Gasteiger partial charge in [0.2, 0.25) is 0 Å². The standard InChI is InChI=1S/C23H38O4/c1-16(22(3,4)5)26-13-11-12-19-20(24-9)14-18(15-21(19)25-10)27-17(2)23(6,7)8/h11-12,14-17H,13H2,1-10H3/b12-11+. The van der Waals surface area contributed by atoms with Crippen molar-refractivity contribution >= 4 is 6.08 Å². The molecule has 1 aromatic rings. The first-order valence-corrected chi connectivity index (χ1v) is 9.61. The number of hydrogen-bond acceptors (Lipinski definition) is 4. The monoisotopic (exact) mass is 378 g/mol. The maximum atomic E-state index is 6.10. The predicted molar refractivity (Wildman–Crippen MR) is 113 cm³/mol. The Morgan fingerprint density at radius 1 is 0.852 bits per heavy atom. The van der Waals surface area contributed by atoms with Crippen molar-refractivity contribution in [3.8, 4) is 17.2 Å². The highest BCUT2D eigenvalue weighted by Gasteiger charge is 2.23. The van der Waals surface area contributed by atoms with Gasteiger partial charge in [0.25, 0.3) is 0 Å². The summed E-state index contributed by atoms with van der Waals surface area (Å²) in [5.74, 6) is 2.16. The van der Waals surface area contributed by atoms with E-state index in [4.69, 9.17) is 18.9 Å². The molecule has 0 aliphatic rings. The minimum absolute atomic E-state index is 0.0418. The highest BCUT2D eigenvalue weighted by molar-refractivity contribution is 5.66. The Morgan fingerprint density at radius 2 is 1.33 bits per heavy atom. The molecule has 0 saturated heterocycles. The van der Waals surface area contributed by atoms with Gasteiger partial charge >= 0.3 is 0 Å². The molecule has 0 radical (unpaired) electrons. The molecular formula is C23H38O4. The van der Waals surface area contributed by atoms with Crippen LogP contribution in [0.2, 0.25) is 0 Å². The second-order valence-electron chi connectivity index (χ2n) is 9.11. The first kappa shape index (κ1) is 23.4. The van der Waals surface area contributed by atoms with Gasteiger partial charge in [0.1, 0.15) is 23.4 Å². The quantitative estimate of drug-likeness (QED) is 0.557. The van der Waals surface area contributed by atoms with Crippen molar-refractivity contribution in [2.75, 3.05) is 20.8 Å². The number of methoxy groups -OCH3 is 2. The molecule has 0 spiro atoms. The molecule has 0 heterocycles. The molecule has 154 valence electrons. The van der Waals surface area contributed by atoms with Crippen LogP contribution in [0.15, 0.2) is 18.2 Å². The van der Waals surface area contributed by atoms with Crippen molar-refractivity contribution in [2.45, 2.75) is 67.6 Å². The van der Waals surface area contributed by atoms with Crippen molar-refractivity contribution in [1.29, 1.82) is 0 Å². The van der Waals surface area contributed by atoms with E-state index in [-0.39, 0.29) is 23.0 Å². The Hall–Kier alpha value is -1.68. The molecule has 0 N–H and O–H groups in total. The third-order valence-electron chi connectivity index (χ3n) is 5.00. The highest BCUT2D eigenvalue weighted by Crippen LogP contribution is 2.36. The fourth-order valence-electron chi connectivity index (χ4n) is 2.14. The second kappa shape index (κ2) is 9.50. The lowest BCUT2D eigenvalue weighted by atomic mass is 9.90. The van der Waals surface area contributed by atoms with Crippen LogP contribution in [0.25, 0.3) is 6.08 Å². The number of hydrogen-bond donors (Lipinski definition) is 0. The first-order valence-electron chi connectivity index (χ1n) is 9.61. The zero-order valence-corrected chi connectivity index (χ0v) is 18.8. The van der Waals surface area contributed by atoms with E-state index in [9.17, 15) is 0 Å². The summed E-state index contributed by atoms with van der Waals surface area (Å²) < 4.78 is 23.2. The summed E-state index contributed by atoms with van der Waals surface area (Å²) in [7, 11) is 3.31. The summed E-state index contributed by atoms with van der Waals surface area (Å²) in [6.45, 7) is 17.7. The molecule has 1 aromatic carbocycles. The van der Waals surface area contributed by atoms with Crippen molar-refractivity contribution in [3.05, 3.63) is 23.8 Å². The van der Waals surface area contributed by atoms with Gasteiger partial charge in [-0.25, -0.2) is 0 Å². The lowest BCUT2D eigenvalue weighted by Crippen LogP contribution is -2.28.